The lowest BCUT2D eigenvalue weighted by Gasteiger charge is -2.26. The summed E-state index contributed by atoms with van der Waals surface area (Å²) >= 11 is 0. The largest absolute Gasteiger partial charge is 0.573 e. The molecule has 0 aromatic heterocycles. The fraction of sp³-hybridized carbons (Fsp3) is 0.632. The van der Waals surface area contributed by atoms with Gasteiger partial charge < -0.3 is 19.1 Å². The topological polar surface area (TPSA) is 48.0 Å². The molecule has 1 saturated heterocycles. The maximum atomic E-state index is 12.2. The van der Waals surface area contributed by atoms with Gasteiger partial charge in [0.1, 0.15) is 11.4 Å². The molecule has 0 aliphatic carbocycles. The Bertz CT molecular complexity index is 611. The Labute approximate surface area is 157 Å². The van der Waals surface area contributed by atoms with Crippen LogP contribution in [0, 0.1) is 0 Å². The third-order valence-electron chi connectivity index (χ3n) is 3.97. The van der Waals surface area contributed by atoms with Gasteiger partial charge in [0, 0.05) is 13.1 Å². The van der Waals surface area contributed by atoms with E-state index in [9.17, 15) is 18.0 Å². The van der Waals surface area contributed by atoms with Crippen LogP contribution in [0.4, 0.5) is 18.0 Å². The lowest BCUT2D eigenvalue weighted by molar-refractivity contribution is -0.274. The molecular formula is C19H26F3NO4. The van der Waals surface area contributed by atoms with E-state index in [2.05, 4.69) is 4.74 Å². The molecular weight excluding hydrogens is 363 g/mol. The maximum absolute atomic E-state index is 12.2. The van der Waals surface area contributed by atoms with Crippen molar-refractivity contribution in [2.24, 2.45) is 0 Å². The Morgan fingerprint density at radius 3 is 2.37 bits per heavy atom. The molecule has 27 heavy (non-hydrogen) atoms. The molecule has 1 atom stereocenters. The Morgan fingerprint density at radius 2 is 1.78 bits per heavy atom. The first-order valence-electron chi connectivity index (χ1n) is 8.96. The van der Waals surface area contributed by atoms with Gasteiger partial charge in [-0.3, -0.25) is 0 Å². The van der Waals surface area contributed by atoms with Gasteiger partial charge in [-0.15, -0.1) is 13.2 Å². The minimum Gasteiger partial charge on any atom is -0.444 e. The van der Waals surface area contributed by atoms with Gasteiger partial charge >= 0.3 is 12.5 Å². The van der Waals surface area contributed by atoms with Gasteiger partial charge in [-0.2, -0.15) is 0 Å². The second-order valence-electron chi connectivity index (χ2n) is 7.52. The number of hydrogen-bond acceptors (Lipinski definition) is 4. The molecule has 0 N–H and O–H groups in total. The molecule has 0 bridgehead atoms. The quantitative estimate of drug-likeness (QED) is 0.736. The normalized spacial score (nSPS) is 18.7. The molecule has 0 spiro atoms. The first-order chi connectivity index (χ1) is 12.5. The van der Waals surface area contributed by atoms with Gasteiger partial charge in [0.25, 0.3) is 0 Å². The highest BCUT2D eigenvalue weighted by atomic mass is 19.4. The number of carbonyl (C=O) groups excluding carboxylic acids is 1. The molecule has 1 aromatic carbocycles. The number of amides is 1. The van der Waals surface area contributed by atoms with Crippen LogP contribution in [0.25, 0.3) is 0 Å². The van der Waals surface area contributed by atoms with Gasteiger partial charge in [-0.05, 0) is 57.7 Å². The molecule has 5 nitrogen and oxygen atoms in total. The minimum absolute atomic E-state index is 0.0106. The van der Waals surface area contributed by atoms with Crippen molar-refractivity contribution in [3.8, 4) is 5.75 Å². The van der Waals surface area contributed by atoms with Gasteiger partial charge in [-0.25, -0.2) is 4.79 Å². The number of nitrogens with zero attached hydrogens (tertiary/aromatic N) is 1. The molecule has 0 radical (unpaired) electrons. The van der Waals surface area contributed by atoms with Gasteiger partial charge in [0.2, 0.25) is 0 Å². The Kier molecular flexibility index (Phi) is 6.97. The average molecular weight is 389 g/mol. The summed E-state index contributed by atoms with van der Waals surface area (Å²) in [5.74, 6) is -0.256. The van der Waals surface area contributed by atoms with Crippen molar-refractivity contribution in [1.29, 1.82) is 0 Å². The number of likely N-dealkylation sites (tertiary alicyclic amines) is 1. The summed E-state index contributed by atoms with van der Waals surface area (Å²) in [5, 5.41) is 0. The molecule has 2 rings (SSSR count). The number of carbonyl (C=O) groups is 1. The Morgan fingerprint density at radius 1 is 1.11 bits per heavy atom. The van der Waals surface area contributed by atoms with E-state index in [1.807, 2.05) is 20.8 Å². The number of hydrogen-bond donors (Lipinski definition) is 0. The predicted octanol–water partition coefficient (Wildman–Crippen LogP) is 4.89. The van der Waals surface area contributed by atoms with Crippen LogP contribution in [0.15, 0.2) is 24.3 Å². The van der Waals surface area contributed by atoms with E-state index < -0.39 is 12.0 Å². The second-order valence-corrected chi connectivity index (χ2v) is 7.52. The number of rotatable bonds is 4. The molecule has 1 aliphatic rings. The van der Waals surface area contributed by atoms with Crippen molar-refractivity contribution in [2.75, 3.05) is 13.1 Å². The van der Waals surface area contributed by atoms with Crippen molar-refractivity contribution < 1.29 is 32.2 Å². The highest BCUT2D eigenvalue weighted by Crippen LogP contribution is 2.23. The Hall–Kier alpha value is -1.96. The van der Waals surface area contributed by atoms with Crippen LogP contribution in [-0.4, -0.2) is 42.2 Å². The zero-order chi connectivity index (χ0) is 20.1. The summed E-state index contributed by atoms with van der Waals surface area (Å²) in [6, 6.07) is 5.63. The third kappa shape index (κ3) is 8.07. The van der Waals surface area contributed by atoms with Gasteiger partial charge in [0.05, 0.1) is 12.7 Å². The van der Waals surface area contributed by atoms with Gasteiger partial charge in [-0.1, -0.05) is 12.1 Å². The lowest BCUT2D eigenvalue weighted by atomic mass is 10.1. The SMILES string of the molecule is CC(C)(C)OC(=O)N1CCCC(OCc2ccc(OC(F)(F)F)cc2)CC1. The van der Waals surface area contributed by atoms with Crippen LogP contribution in [0.1, 0.15) is 45.6 Å². The van der Waals surface area contributed by atoms with E-state index in [-0.39, 0.29) is 17.9 Å². The molecule has 1 unspecified atom stereocenters. The third-order valence-corrected chi connectivity index (χ3v) is 3.97. The molecule has 1 amide bonds. The predicted molar refractivity (Wildman–Crippen MR) is 93.4 cm³/mol. The summed E-state index contributed by atoms with van der Waals surface area (Å²) < 4.78 is 51.6. The Balaban J connectivity index is 1.79. The van der Waals surface area contributed by atoms with E-state index in [1.165, 1.54) is 12.1 Å². The van der Waals surface area contributed by atoms with E-state index in [0.717, 1.165) is 18.4 Å². The second kappa shape index (κ2) is 8.82. The summed E-state index contributed by atoms with van der Waals surface area (Å²) in [7, 11) is 0. The highest BCUT2D eigenvalue weighted by Gasteiger charge is 2.31. The van der Waals surface area contributed by atoms with Crippen molar-refractivity contribution in [1.82, 2.24) is 4.90 Å². The lowest BCUT2D eigenvalue weighted by Crippen LogP contribution is -2.37. The number of halogens is 3. The first-order valence-corrected chi connectivity index (χ1v) is 8.96. The van der Waals surface area contributed by atoms with Crippen molar-refractivity contribution in [3.05, 3.63) is 29.8 Å². The summed E-state index contributed by atoms with van der Waals surface area (Å²) in [6.45, 7) is 6.97. The number of ether oxygens (including phenoxy) is 3. The molecule has 1 fully saturated rings. The average Bonchev–Trinajstić information content (AvgIpc) is 2.77. The van der Waals surface area contributed by atoms with Crippen LogP contribution < -0.4 is 4.74 Å². The maximum Gasteiger partial charge on any atom is 0.573 e. The van der Waals surface area contributed by atoms with Gasteiger partial charge in [0.15, 0.2) is 0 Å². The molecule has 1 aliphatic heterocycles. The molecule has 0 saturated carbocycles. The summed E-state index contributed by atoms with van der Waals surface area (Å²) in [4.78, 5) is 13.8. The standard InChI is InChI=1S/C19H26F3NO4/c1-18(2,3)27-17(24)23-11-4-5-15(10-12-23)25-13-14-6-8-16(9-7-14)26-19(20,21)22/h6-9,15H,4-5,10-13H2,1-3H3. The van der Waals surface area contributed by atoms with Crippen molar-refractivity contribution in [3.63, 3.8) is 0 Å². The van der Waals surface area contributed by atoms with E-state index in [1.54, 1.807) is 17.0 Å². The van der Waals surface area contributed by atoms with Crippen molar-refractivity contribution in [2.45, 2.75) is 64.7 Å². The molecule has 1 heterocycles. The van der Waals surface area contributed by atoms with E-state index in [4.69, 9.17) is 9.47 Å². The highest BCUT2D eigenvalue weighted by molar-refractivity contribution is 5.68. The molecule has 8 heteroatoms. The molecule has 1 aromatic rings. The first kappa shape index (κ1) is 21.3. The monoisotopic (exact) mass is 389 g/mol. The minimum atomic E-state index is -4.70. The fourth-order valence-electron chi connectivity index (χ4n) is 2.74. The van der Waals surface area contributed by atoms with E-state index >= 15 is 0 Å². The molecule has 152 valence electrons. The summed E-state index contributed by atoms with van der Waals surface area (Å²) in [6.07, 6.45) is -2.71. The number of alkyl halides is 3. The zero-order valence-electron chi connectivity index (χ0n) is 15.8. The van der Waals surface area contributed by atoms with E-state index in [0.29, 0.717) is 26.1 Å². The fourth-order valence-corrected chi connectivity index (χ4v) is 2.74. The number of benzene rings is 1. The smallest absolute Gasteiger partial charge is 0.444 e. The van der Waals surface area contributed by atoms with Crippen LogP contribution in [0.3, 0.4) is 0 Å². The van der Waals surface area contributed by atoms with Crippen LogP contribution in [0.5, 0.6) is 5.75 Å². The van der Waals surface area contributed by atoms with Crippen LogP contribution in [-0.2, 0) is 16.1 Å². The zero-order valence-corrected chi connectivity index (χ0v) is 15.8. The summed E-state index contributed by atoms with van der Waals surface area (Å²) in [5.41, 5.74) is 0.235. The van der Waals surface area contributed by atoms with Crippen molar-refractivity contribution >= 4 is 6.09 Å². The van der Waals surface area contributed by atoms with Crippen LogP contribution in [0.2, 0.25) is 0 Å². The van der Waals surface area contributed by atoms with Crippen LogP contribution >= 0.6 is 0 Å².